The normalized spacial score (nSPS) is 6.75. The van der Waals surface area contributed by atoms with Crippen LogP contribution in [0.4, 0.5) is 0 Å². The second-order valence-electron chi connectivity index (χ2n) is 2.99. The van der Waals surface area contributed by atoms with E-state index >= 15 is 0 Å². The third kappa shape index (κ3) is 57.4. The minimum atomic E-state index is -0.935. The molecule has 0 aromatic rings. The van der Waals surface area contributed by atoms with Crippen molar-refractivity contribution in [2.24, 2.45) is 0 Å². The van der Waals surface area contributed by atoms with Crippen molar-refractivity contribution in [1.82, 2.24) is 0 Å². The van der Waals surface area contributed by atoms with Crippen molar-refractivity contribution < 1.29 is 30.0 Å². The number of hydrogen-bond donors (Lipinski definition) is 4. The van der Waals surface area contributed by atoms with E-state index in [1.54, 1.807) is 0 Å². The van der Waals surface area contributed by atoms with Crippen molar-refractivity contribution in [3.8, 4) is 12.3 Å². The van der Waals surface area contributed by atoms with Crippen molar-refractivity contribution in [3.05, 3.63) is 37.0 Å². The average molecular weight is 286 g/mol. The van der Waals surface area contributed by atoms with Crippen molar-refractivity contribution in [2.75, 3.05) is 13.2 Å². The maximum absolute atomic E-state index is 9.60. The molecule has 0 aliphatic rings. The summed E-state index contributed by atoms with van der Waals surface area (Å²) in [5.74, 6) is 0.324. The summed E-state index contributed by atoms with van der Waals surface area (Å²) in [6.07, 6.45) is 6.06. The Labute approximate surface area is 119 Å². The number of terminal acetylenes is 1. The zero-order valence-electron chi connectivity index (χ0n) is 11.8. The lowest BCUT2D eigenvalue weighted by Crippen LogP contribution is -1.92. The zero-order valence-corrected chi connectivity index (χ0v) is 11.8. The Morgan fingerprint density at radius 1 is 1.05 bits per heavy atom. The van der Waals surface area contributed by atoms with Gasteiger partial charge in [-0.3, -0.25) is 0 Å². The predicted molar refractivity (Wildman–Crippen MR) is 78.1 cm³/mol. The highest BCUT2D eigenvalue weighted by Crippen LogP contribution is 1.81. The molecular weight excluding hydrogens is 264 g/mol. The SMILES string of the molecule is C#CC=C.C=C(C)C(=O)O.C=C(C)C(=O)O.OCCO. The number of carboxylic acid groups (broad SMARTS) is 2. The number of hydrogen-bond acceptors (Lipinski definition) is 4. The predicted octanol–water partition coefficient (Wildman–Crippen LogP) is 1.07. The minimum absolute atomic E-state index is 0.125. The third-order valence-corrected chi connectivity index (χ3v) is 0.948. The zero-order chi connectivity index (χ0) is 17.1. The van der Waals surface area contributed by atoms with Gasteiger partial charge in [-0.1, -0.05) is 25.7 Å². The lowest BCUT2D eigenvalue weighted by molar-refractivity contribution is -0.133. The smallest absolute Gasteiger partial charge is 0.330 e. The highest BCUT2D eigenvalue weighted by molar-refractivity contribution is 5.85. The standard InChI is InChI=1S/2C4H6O2.C4H4.C2H6O2/c2*1-3(2)4(5)6;1-3-4-2;3-1-2-4/h2*1H2,2H3,(H,5,6);1,4H,2H2;3-4H,1-2H2. The van der Waals surface area contributed by atoms with Crippen LogP contribution < -0.4 is 0 Å². The van der Waals surface area contributed by atoms with E-state index in [1.807, 2.05) is 0 Å². The maximum atomic E-state index is 9.60. The van der Waals surface area contributed by atoms with Gasteiger partial charge in [0.15, 0.2) is 0 Å². The van der Waals surface area contributed by atoms with Gasteiger partial charge < -0.3 is 20.4 Å². The number of aliphatic hydroxyl groups is 2. The average Bonchev–Trinajstić information content (AvgIpc) is 2.39. The Kier molecular flexibility index (Phi) is 28.7. The van der Waals surface area contributed by atoms with E-state index in [1.165, 1.54) is 19.9 Å². The van der Waals surface area contributed by atoms with E-state index in [0.29, 0.717) is 0 Å². The first-order valence-corrected chi connectivity index (χ1v) is 5.18. The molecule has 0 rings (SSSR count). The van der Waals surface area contributed by atoms with Crippen molar-refractivity contribution in [2.45, 2.75) is 13.8 Å². The fraction of sp³-hybridized carbons (Fsp3) is 0.286. The molecule has 0 saturated carbocycles. The lowest BCUT2D eigenvalue weighted by Gasteiger charge is -1.79. The van der Waals surface area contributed by atoms with Crippen LogP contribution in [-0.4, -0.2) is 45.6 Å². The van der Waals surface area contributed by atoms with Gasteiger partial charge in [-0.15, -0.1) is 6.42 Å². The first kappa shape index (κ1) is 26.3. The Hall–Kier alpha value is -2.36. The first-order valence-electron chi connectivity index (χ1n) is 5.18. The second-order valence-corrected chi connectivity index (χ2v) is 2.99. The number of rotatable bonds is 3. The van der Waals surface area contributed by atoms with Crippen LogP contribution in [0.15, 0.2) is 37.0 Å². The summed E-state index contributed by atoms with van der Waals surface area (Å²) >= 11 is 0. The van der Waals surface area contributed by atoms with Gasteiger partial charge in [0.2, 0.25) is 0 Å². The Morgan fingerprint density at radius 3 is 1.20 bits per heavy atom. The molecule has 0 aliphatic carbocycles. The molecule has 4 N–H and O–H groups in total. The van der Waals surface area contributed by atoms with Crippen LogP contribution >= 0.6 is 0 Å². The fourth-order valence-corrected chi connectivity index (χ4v) is 0. The Morgan fingerprint density at radius 2 is 1.20 bits per heavy atom. The van der Waals surface area contributed by atoms with Crippen molar-refractivity contribution >= 4 is 11.9 Å². The summed E-state index contributed by atoms with van der Waals surface area (Å²) in [7, 11) is 0. The molecule has 0 atom stereocenters. The van der Waals surface area contributed by atoms with Crippen LogP contribution in [0.1, 0.15) is 13.8 Å². The van der Waals surface area contributed by atoms with Gasteiger partial charge in [0, 0.05) is 11.1 Å². The van der Waals surface area contributed by atoms with Gasteiger partial charge in [-0.25, -0.2) is 9.59 Å². The molecule has 114 valence electrons. The molecule has 6 nitrogen and oxygen atoms in total. The number of carbonyl (C=O) groups is 2. The van der Waals surface area contributed by atoms with Crippen LogP contribution in [0.2, 0.25) is 0 Å². The summed E-state index contributed by atoms with van der Waals surface area (Å²) < 4.78 is 0. The lowest BCUT2D eigenvalue weighted by atomic mass is 10.4. The molecule has 0 unspecified atom stereocenters. The van der Waals surface area contributed by atoms with Gasteiger partial charge in [0.05, 0.1) is 13.2 Å². The number of aliphatic carboxylic acids is 2. The van der Waals surface area contributed by atoms with Crippen molar-refractivity contribution in [1.29, 1.82) is 0 Å². The van der Waals surface area contributed by atoms with Crippen LogP contribution in [0.25, 0.3) is 0 Å². The monoisotopic (exact) mass is 286 g/mol. The second kappa shape index (κ2) is 21.9. The van der Waals surface area contributed by atoms with E-state index in [2.05, 4.69) is 32.1 Å². The number of aliphatic hydroxyl groups excluding tert-OH is 2. The molecule has 20 heavy (non-hydrogen) atoms. The molecule has 0 amide bonds. The highest BCUT2D eigenvalue weighted by Gasteiger charge is 1.90. The summed E-state index contributed by atoms with van der Waals surface area (Å²) in [5.41, 5.74) is 0.352. The van der Waals surface area contributed by atoms with Crippen LogP contribution in [-0.2, 0) is 9.59 Å². The maximum Gasteiger partial charge on any atom is 0.330 e. The molecule has 0 aromatic heterocycles. The Bertz CT molecular complexity index is 299. The molecule has 0 bridgehead atoms. The quantitative estimate of drug-likeness (QED) is 0.455. The topological polar surface area (TPSA) is 115 Å². The summed E-state index contributed by atoms with van der Waals surface area (Å²) in [4.78, 5) is 19.2. The molecule has 0 aliphatic heterocycles. The molecule has 0 saturated heterocycles. The Balaban J connectivity index is -0.0000000871. The van der Waals surface area contributed by atoms with Crippen LogP contribution in [0, 0.1) is 12.3 Å². The fourth-order valence-electron chi connectivity index (χ4n) is 0. The third-order valence-electron chi connectivity index (χ3n) is 0.948. The van der Waals surface area contributed by atoms with E-state index in [-0.39, 0.29) is 24.4 Å². The number of carboxylic acids is 2. The largest absolute Gasteiger partial charge is 0.478 e. The van der Waals surface area contributed by atoms with E-state index < -0.39 is 11.9 Å². The first-order chi connectivity index (χ1) is 9.11. The van der Waals surface area contributed by atoms with E-state index in [9.17, 15) is 9.59 Å². The molecule has 6 heteroatoms. The summed E-state index contributed by atoms with van der Waals surface area (Å²) in [6, 6.07) is 0. The van der Waals surface area contributed by atoms with Gasteiger partial charge in [0.25, 0.3) is 0 Å². The summed E-state index contributed by atoms with van der Waals surface area (Å²) in [6.45, 7) is 12.2. The van der Waals surface area contributed by atoms with Crippen LogP contribution in [0.3, 0.4) is 0 Å². The van der Waals surface area contributed by atoms with Crippen molar-refractivity contribution in [3.63, 3.8) is 0 Å². The molecule has 0 fully saturated rings. The summed E-state index contributed by atoms with van der Waals surface area (Å²) in [5, 5.41) is 31.0. The van der Waals surface area contributed by atoms with Gasteiger partial charge in [-0.05, 0) is 19.9 Å². The molecule has 0 spiro atoms. The van der Waals surface area contributed by atoms with Crippen LogP contribution in [0.5, 0.6) is 0 Å². The van der Waals surface area contributed by atoms with Gasteiger partial charge in [-0.2, -0.15) is 0 Å². The van der Waals surface area contributed by atoms with E-state index in [0.717, 1.165) is 0 Å². The molecule has 0 heterocycles. The van der Waals surface area contributed by atoms with Gasteiger partial charge in [0.1, 0.15) is 0 Å². The minimum Gasteiger partial charge on any atom is -0.478 e. The van der Waals surface area contributed by atoms with E-state index in [4.69, 9.17) is 20.4 Å². The number of allylic oxidation sites excluding steroid dienone is 1. The molecular formula is C14H22O6. The molecule has 0 aromatic carbocycles. The van der Waals surface area contributed by atoms with Gasteiger partial charge >= 0.3 is 11.9 Å². The molecule has 0 radical (unpaired) electrons. The highest BCUT2D eigenvalue weighted by atomic mass is 16.4.